The maximum absolute atomic E-state index is 13.0. The Morgan fingerprint density at radius 1 is 1.21 bits per heavy atom. The van der Waals surface area contributed by atoms with Crippen molar-refractivity contribution < 1.29 is 24.5 Å². The maximum Gasteiger partial charge on any atom is 0.340 e. The van der Waals surface area contributed by atoms with Gasteiger partial charge >= 0.3 is 5.97 Å². The van der Waals surface area contributed by atoms with Crippen molar-refractivity contribution in [3.63, 3.8) is 0 Å². The summed E-state index contributed by atoms with van der Waals surface area (Å²) in [6, 6.07) is 11.1. The highest BCUT2D eigenvalue weighted by atomic mass is 16.5. The van der Waals surface area contributed by atoms with Gasteiger partial charge in [-0.1, -0.05) is 18.2 Å². The highest BCUT2D eigenvalue weighted by molar-refractivity contribution is 5.95. The van der Waals surface area contributed by atoms with E-state index in [1.165, 1.54) is 18.2 Å². The number of aromatic amines is 1. The first-order valence-electron chi connectivity index (χ1n) is 8.93. The topological polar surface area (TPSA) is 135 Å². The summed E-state index contributed by atoms with van der Waals surface area (Å²) < 4.78 is 10.9. The van der Waals surface area contributed by atoms with Crippen LogP contribution in [0.2, 0.25) is 0 Å². The average Bonchev–Trinajstić information content (AvgIpc) is 2.69. The molecule has 2 heterocycles. The third-order valence-electron chi connectivity index (χ3n) is 4.79. The molecule has 0 amide bonds. The molecular formula is C21H18N2O6. The van der Waals surface area contributed by atoms with Gasteiger partial charge in [-0.15, -0.1) is 0 Å². The standard InChI is InChI=1S/C21H18N2O6/c1-2-28-21(27)17-15(10-7-8-13(24)14(25)9-10)16-18(29-19(17)22)11-5-3-4-6-12(11)23-20(16)26/h3-9,15,24-25H,2,22H2,1H3,(H,23,26)/t15-/m1/s1. The molecule has 0 bridgehead atoms. The van der Waals surface area contributed by atoms with E-state index < -0.39 is 23.2 Å². The van der Waals surface area contributed by atoms with Gasteiger partial charge in [0.15, 0.2) is 11.5 Å². The second kappa shape index (κ2) is 6.90. The first-order chi connectivity index (χ1) is 13.9. The number of rotatable bonds is 3. The van der Waals surface area contributed by atoms with Crippen LogP contribution < -0.4 is 16.0 Å². The lowest BCUT2D eigenvalue weighted by atomic mass is 9.82. The van der Waals surface area contributed by atoms with Gasteiger partial charge in [-0.2, -0.15) is 0 Å². The number of aromatic nitrogens is 1. The van der Waals surface area contributed by atoms with Crippen LogP contribution in [0.1, 0.15) is 24.0 Å². The number of esters is 1. The minimum Gasteiger partial charge on any atom is -0.504 e. The first-order valence-corrected chi connectivity index (χ1v) is 8.93. The lowest BCUT2D eigenvalue weighted by molar-refractivity contribution is -0.139. The molecule has 3 aromatic rings. The van der Waals surface area contributed by atoms with Crippen LogP contribution in [0.5, 0.6) is 17.2 Å². The van der Waals surface area contributed by atoms with Crippen molar-refractivity contribution in [3.05, 3.63) is 75.4 Å². The van der Waals surface area contributed by atoms with Crippen LogP contribution in [0, 0.1) is 0 Å². The number of fused-ring (bicyclic) bond motifs is 3. The van der Waals surface area contributed by atoms with Gasteiger partial charge in [0.25, 0.3) is 5.56 Å². The third-order valence-corrected chi connectivity index (χ3v) is 4.79. The molecule has 0 radical (unpaired) electrons. The number of carbonyl (C=O) groups is 1. The van der Waals surface area contributed by atoms with E-state index in [9.17, 15) is 19.8 Å². The van der Waals surface area contributed by atoms with Gasteiger partial charge in [-0.25, -0.2) is 4.79 Å². The highest BCUT2D eigenvalue weighted by Crippen LogP contribution is 2.44. The lowest BCUT2D eigenvalue weighted by Gasteiger charge is -2.28. The summed E-state index contributed by atoms with van der Waals surface area (Å²) in [6.45, 7) is 1.75. The molecule has 29 heavy (non-hydrogen) atoms. The second-order valence-electron chi connectivity index (χ2n) is 6.52. The minimum absolute atomic E-state index is 0.0507. The van der Waals surface area contributed by atoms with Gasteiger partial charge in [-0.3, -0.25) is 4.79 Å². The molecule has 8 nitrogen and oxygen atoms in total. The zero-order chi connectivity index (χ0) is 20.7. The van der Waals surface area contributed by atoms with E-state index in [-0.39, 0.29) is 35.1 Å². The van der Waals surface area contributed by atoms with E-state index in [1.54, 1.807) is 31.2 Å². The molecule has 1 atom stereocenters. The van der Waals surface area contributed by atoms with Crippen LogP contribution in [-0.2, 0) is 9.53 Å². The fourth-order valence-electron chi connectivity index (χ4n) is 3.53. The van der Waals surface area contributed by atoms with Crippen molar-refractivity contribution in [2.75, 3.05) is 6.61 Å². The van der Waals surface area contributed by atoms with Crippen LogP contribution in [0.4, 0.5) is 0 Å². The van der Waals surface area contributed by atoms with Crippen molar-refractivity contribution in [3.8, 4) is 17.2 Å². The van der Waals surface area contributed by atoms with Crippen LogP contribution in [-0.4, -0.2) is 27.8 Å². The number of phenolic OH excluding ortho intramolecular Hbond substituents is 2. The molecule has 2 aromatic carbocycles. The Labute approximate surface area is 164 Å². The summed E-state index contributed by atoms with van der Waals surface area (Å²) in [5, 5.41) is 20.3. The fourth-order valence-corrected chi connectivity index (χ4v) is 3.53. The number of nitrogens with two attached hydrogens (primary N) is 1. The van der Waals surface area contributed by atoms with Crippen LogP contribution >= 0.6 is 0 Å². The van der Waals surface area contributed by atoms with Crippen molar-refractivity contribution in [2.24, 2.45) is 5.73 Å². The van der Waals surface area contributed by atoms with Gasteiger partial charge in [0.05, 0.1) is 23.6 Å². The number of phenols is 2. The third kappa shape index (κ3) is 2.94. The van der Waals surface area contributed by atoms with E-state index in [2.05, 4.69) is 4.98 Å². The summed E-state index contributed by atoms with van der Waals surface area (Å²) in [5.41, 5.74) is 6.66. The number of hydrogen-bond donors (Lipinski definition) is 4. The van der Waals surface area contributed by atoms with Crippen molar-refractivity contribution >= 4 is 16.9 Å². The summed E-state index contributed by atoms with van der Waals surface area (Å²) >= 11 is 0. The van der Waals surface area contributed by atoms with Crippen LogP contribution in [0.25, 0.3) is 10.9 Å². The molecule has 148 valence electrons. The quantitative estimate of drug-likeness (QED) is 0.395. The van der Waals surface area contributed by atoms with Crippen molar-refractivity contribution in [1.82, 2.24) is 4.98 Å². The zero-order valence-electron chi connectivity index (χ0n) is 15.4. The number of aromatic hydroxyl groups is 2. The zero-order valence-corrected chi connectivity index (χ0v) is 15.4. The number of para-hydroxylation sites is 1. The lowest BCUT2D eigenvalue weighted by Crippen LogP contribution is -2.32. The Morgan fingerprint density at radius 2 is 1.97 bits per heavy atom. The fraction of sp³-hybridized carbons (Fsp3) is 0.143. The number of H-pyrrole nitrogens is 1. The minimum atomic E-state index is -0.961. The number of pyridine rings is 1. The monoisotopic (exact) mass is 394 g/mol. The predicted molar refractivity (Wildman–Crippen MR) is 105 cm³/mol. The molecule has 8 heteroatoms. The Morgan fingerprint density at radius 3 is 2.69 bits per heavy atom. The normalized spacial score (nSPS) is 15.7. The number of carbonyl (C=O) groups excluding carboxylic acids is 1. The molecule has 0 fully saturated rings. The molecule has 0 saturated carbocycles. The molecule has 1 aliphatic heterocycles. The first kappa shape index (κ1) is 18.4. The molecule has 1 aliphatic rings. The van der Waals surface area contributed by atoms with E-state index in [4.69, 9.17) is 15.2 Å². The van der Waals surface area contributed by atoms with Gasteiger partial charge in [0, 0.05) is 5.39 Å². The molecule has 5 N–H and O–H groups in total. The van der Waals surface area contributed by atoms with Crippen LogP contribution in [0.3, 0.4) is 0 Å². The largest absolute Gasteiger partial charge is 0.504 e. The average molecular weight is 394 g/mol. The van der Waals surface area contributed by atoms with E-state index >= 15 is 0 Å². The molecule has 0 spiro atoms. The smallest absolute Gasteiger partial charge is 0.340 e. The predicted octanol–water partition coefficient (Wildman–Crippen LogP) is 2.20. The summed E-state index contributed by atoms with van der Waals surface area (Å²) in [4.78, 5) is 28.4. The van der Waals surface area contributed by atoms with Gasteiger partial charge in [0.2, 0.25) is 5.88 Å². The second-order valence-corrected chi connectivity index (χ2v) is 6.52. The van der Waals surface area contributed by atoms with Crippen molar-refractivity contribution in [2.45, 2.75) is 12.8 Å². The highest BCUT2D eigenvalue weighted by Gasteiger charge is 2.38. The summed E-state index contributed by atoms with van der Waals surface area (Å²) in [5.74, 6) is -2.38. The summed E-state index contributed by atoms with van der Waals surface area (Å²) in [6.07, 6.45) is 0. The van der Waals surface area contributed by atoms with E-state index in [1.807, 2.05) is 0 Å². The van der Waals surface area contributed by atoms with E-state index in [0.717, 1.165) is 0 Å². The van der Waals surface area contributed by atoms with Gasteiger partial charge < -0.3 is 30.4 Å². The van der Waals surface area contributed by atoms with Crippen LogP contribution in [0.15, 0.2) is 58.7 Å². The van der Waals surface area contributed by atoms with Crippen molar-refractivity contribution in [1.29, 1.82) is 0 Å². The Balaban J connectivity index is 2.05. The summed E-state index contributed by atoms with van der Waals surface area (Å²) in [7, 11) is 0. The molecule has 4 rings (SSSR count). The van der Waals surface area contributed by atoms with Gasteiger partial charge in [-0.05, 0) is 36.8 Å². The number of nitrogens with one attached hydrogen (secondary N) is 1. The molecule has 1 aromatic heterocycles. The SMILES string of the molecule is CCOC(=O)C1=C(N)Oc2c(c(=O)[nH]c3ccccc23)[C@H]1c1ccc(O)c(O)c1. The molecule has 0 unspecified atom stereocenters. The number of ether oxygens (including phenoxy) is 2. The maximum atomic E-state index is 13.0. The molecular weight excluding hydrogens is 376 g/mol. The Kier molecular flexibility index (Phi) is 4.38. The molecule has 0 saturated heterocycles. The van der Waals surface area contributed by atoms with E-state index in [0.29, 0.717) is 16.5 Å². The molecule has 0 aliphatic carbocycles. The number of hydrogen-bond acceptors (Lipinski definition) is 7. The Bertz CT molecular complexity index is 1230. The number of benzene rings is 2. The van der Waals surface area contributed by atoms with Gasteiger partial charge in [0.1, 0.15) is 11.3 Å². The Hall–Kier alpha value is -3.94.